The van der Waals surface area contributed by atoms with Gasteiger partial charge in [-0.1, -0.05) is 0 Å². The van der Waals surface area contributed by atoms with E-state index in [0.29, 0.717) is 23.0 Å². The first-order valence-corrected chi connectivity index (χ1v) is 6.37. The van der Waals surface area contributed by atoms with Crippen LogP contribution in [0, 0.1) is 0 Å². The van der Waals surface area contributed by atoms with Crippen molar-refractivity contribution in [3.63, 3.8) is 0 Å². The molecular weight excluding hydrogens is 240 g/mol. The van der Waals surface area contributed by atoms with Gasteiger partial charge in [0.1, 0.15) is 11.5 Å². The zero-order valence-electron chi connectivity index (χ0n) is 7.03. The summed E-state index contributed by atoms with van der Waals surface area (Å²) >= 11 is 16.9. The van der Waals surface area contributed by atoms with Crippen molar-refractivity contribution in [1.82, 2.24) is 0 Å². The summed E-state index contributed by atoms with van der Waals surface area (Å²) in [5, 5.41) is 0. The second-order valence-corrected chi connectivity index (χ2v) is 3.80. The number of thiol groups is 4. The van der Waals surface area contributed by atoms with Crippen LogP contribution in [-0.2, 0) is 23.0 Å². The summed E-state index contributed by atoms with van der Waals surface area (Å²) < 4.78 is 5.58. The summed E-state index contributed by atoms with van der Waals surface area (Å²) in [7, 11) is 0. The predicted octanol–water partition coefficient (Wildman–Crippen LogP) is 3.00. The van der Waals surface area contributed by atoms with Gasteiger partial charge in [0.15, 0.2) is 0 Å². The van der Waals surface area contributed by atoms with Gasteiger partial charge in [-0.2, -0.15) is 50.5 Å². The lowest BCUT2D eigenvalue weighted by Crippen LogP contribution is -1.88. The van der Waals surface area contributed by atoms with Gasteiger partial charge in [-0.3, -0.25) is 0 Å². The zero-order valence-corrected chi connectivity index (χ0v) is 10.6. The highest BCUT2D eigenvalue weighted by Gasteiger charge is 2.15. The maximum atomic E-state index is 5.58. The minimum Gasteiger partial charge on any atom is -0.464 e. The average Bonchev–Trinajstić information content (AvgIpc) is 2.54. The van der Waals surface area contributed by atoms with Gasteiger partial charge in [0.2, 0.25) is 0 Å². The van der Waals surface area contributed by atoms with Gasteiger partial charge in [-0.15, -0.1) is 0 Å². The number of rotatable bonds is 4. The van der Waals surface area contributed by atoms with Crippen molar-refractivity contribution in [2.45, 2.75) is 23.0 Å². The molecule has 1 nitrogen and oxygen atoms in total. The van der Waals surface area contributed by atoms with E-state index in [1.54, 1.807) is 0 Å². The average molecular weight is 252 g/mol. The second-order valence-electron chi connectivity index (χ2n) is 2.54. The molecule has 0 unspecified atom stereocenters. The van der Waals surface area contributed by atoms with Crippen LogP contribution in [0.4, 0.5) is 0 Å². The second kappa shape index (κ2) is 5.53. The lowest BCUT2D eigenvalue weighted by molar-refractivity contribution is 0.494. The third kappa shape index (κ3) is 2.37. The van der Waals surface area contributed by atoms with Gasteiger partial charge in [-0.25, -0.2) is 0 Å². The first kappa shape index (κ1) is 11.8. The number of furan rings is 1. The maximum absolute atomic E-state index is 5.58. The molecule has 0 aromatic carbocycles. The van der Waals surface area contributed by atoms with Crippen molar-refractivity contribution in [1.29, 1.82) is 0 Å². The summed E-state index contributed by atoms with van der Waals surface area (Å²) in [5.41, 5.74) is 2.25. The minimum atomic E-state index is 0.602. The quantitative estimate of drug-likeness (QED) is 0.605. The summed E-state index contributed by atoms with van der Waals surface area (Å²) in [6.07, 6.45) is 0. The molecule has 0 saturated carbocycles. The van der Waals surface area contributed by atoms with Crippen LogP contribution in [0.2, 0.25) is 0 Å². The third-order valence-corrected chi connectivity index (χ3v) is 3.09. The fourth-order valence-corrected chi connectivity index (χ4v) is 2.48. The zero-order chi connectivity index (χ0) is 9.84. The van der Waals surface area contributed by atoms with E-state index in [2.05, 4.69) is 50.5 Å². The molecule has 0 fully saturated rings. The molecule has 0 aliphatic rings. The Morgan fingerprint density at radius 1 is 0.692 bits per heavy atom. The van der Waals surface area contributed by atoms with Crippen LogP contribution < -0.4 is 0 Å². The van der Waals surface area contributed by atoms with E-state index in [0.717, 1.165) is 22.6 Å². The fourth-order valence-electron chi connectivity index (χ4n) is 1.23. The van der Waals surface area contributed by atoms with Crippen LogP contribution in [0.25, 0.3) is 0 Å². The normalized spacial score (nSPS) is 10.8. The molecule has 0 aliphatic carbocycles. The molecule has 0 atom stereocenters. The molecule has 0 spiro atoms. The lowest BCUT2D eigenvalue weighted by atomic mass is 10.1. The van der Waals surface area contributed by atoms with Crippen LogP contribution in [0.5, 0.6) is 0 Å². The van der Waals surface area contributed by atoms with Gasteiger partial charge in [0, 0.05) is 34.1 Å². The molecule has 0 saturated heterocycles. The molecule has 13 heavy (non-hydrogen) atoms. The topological polar surface area (TPSA) is 13.1 Å². The fraction of sp³-hybridized carbons (Fsp3) is 0.500. The van der Waals surface area contributed by atoms with Crippen molar-refractivity contribution < 1.29 is 4.42 Å². The monoisotopic (exact) mass is 252 g/mol. The highest BCUT2D eigenvalue weighted by atomic mass is 32.1. The van der Waals surface area contributed by atoms with E-state index in [9.17, 15) is 0 Å². The van der Waals surface area contributed by atoms with Gasteiger partial charge < -0.3 is 4.42 Å². The molecular formula is C8H12OS4. The smallest absolute Gasteiger partial charge is 0.118 e. The van der Waals surface area contributed by atoms with Crippen molar-refractivity contribution in [3.8, 4) is 0 Å². The highest BCUT2D eigenvalue weighted by molar-refractivity contribution is 7.80. The Balaban J connectivity index is 3.17. The molecule has 0 radical (unpaired) electrons. The first-order chi connectivity index (χ1) is 6.28. The summed E-state index contributed by atoms with van der Waals surface area (Å²) in [6.45, 7) is 0. The van der Waals surface area contributed by atoms with Gasteiger partial charge in [0.25, 0.3) is 0 Å². The van der Waals surface area contributed by atoms with E-state index in [-0.39, 0.29) is 0 Å². The number of hydrogen-bond acceptors (Lipinski definition) is 5. The lowest BCUT2D eigenvalue weighted by Gasteiger charge is -1.97. The molecule has 1 heterocycles. The molecule has 1 aromatic heterocycles. The van der Waals surface area contributed by atoms with E-state index in [1.165, 1.54) is 0 Å². The van der Waals surface area contributed by atoms with Crippen molar-refractivity contribution in [2.24, 2.45) is 0 Å². The van der Waals surface area contributed by atoms with Crippen LogP contribution in [0.3, 0.4) is 0 Å². The Morgan fingerprint density at radius 2 is 1.08 bits per heavy atom. The Morgan fingerprint density at radius 3 is 1.31 bits per heavy atom. The maximum Gasteiger partial charge on any atom is 0.118 e. The van der Waals surface area contributed by atoms with Gasteiger partial charge >= 0.3 is 0 Å². The summed E-state index contributed by atoms with van der Waals surface area (Å²) in [4.78, 5) is 0. The molecule has 1 aromatic rings. The Hall–Kier alpha value is 0.680. The Bertz CT molecular complexity index is 255. The highest BCUT2D eigenvalue weighted by Crippen LogP contribution is 2.28. The molecule has 5 heteroatoms. The van der Waals surface area contributed by atoms with Crippen LogP contribution >= 0.6 is 50.5 Å². The third-order valence-electron chi connectivity index (χ3n) is 1.89. The minimum absolute atomic E-state index is 0.602. The van der Waals surface area contributed by atoms with E-state index in [1.807, 2.05) is 0 Å². The molecule has 0 aliphatic heterocycles. The van der Waals surface area contributed by atoms with E-state index < -0.39 is 0 Å². The molecule has 0 bridgehead atoms. The van der Waals surface area contributed by atoms with Crippen molar-refractivity contribution >= 4 is 50.5 Å². The van der Waals surface area contributed by atoms with Crippen LogP contribution in [0.1, 0.15) is 22.6 Å². The standard InChI is InChI=1S/C8H12OS4/c10-1-5-6(2-11)8(4-13)9-7(5)3-12/h10-13H,1-4H2. The number of hydrogen-bond donors (Lipinski definition) is 4. The van der Waals surface area contributed by atoms with Gasteiger partial charge in [0.05, 0.1) is 0 Å². The van der Waals surface area contributed by atoms with Crippen LogP contribution in [0.15, 0.2) is 4.42 Å². The van der Waals surface area contributed by atoms with E-state index >= 15 is 0 Å². The molecule has 0 N–H and O–H groups in total. The molecule has 0 amide bonds. The predicted molar refractivity (Wildman–Crippen MR) is 69.5 cm³/mol. The summed E-state index contributed by atoms with van der Waals surface area (Å²) in [5.74, 6) is 4.33. The molecule has 74 valence electrons. The first-order valence-electron chi connectivity index (χ1n) is 3.84. The van der Waals surface area contributed by atoms with Crippen molar-refractivity contribution in [3.05, 3.63) is 22.6 Å². The Kier molecular flexibility index (Phi) is 5.00. The van der Waals surface area contributed by atoms with Crippen LogP contribution in [-0.4, -0.2) is 0 Å². The SMILES string of the molecule is SCc1oc(CS)c(CS)c1CS. The van der Waals surface area contributed by atoms with Gasteiger partial charge in [-0.05, 0) is 0 Å². The largest absolute Gasteiger partial charge is 0.464 e. The molecule has 1 rings (SSSR count). The van der Waals surface area contributed by atoms with Crippen molar-refractivity contribution in [2.75, 3.05) is 0 Å². The van der Waals surface area contributed by atoms with E-state index in [4.69, 9.17) is 4.42 Å². The Labute approximate surface area is 100 Å². The summed E-state index contributed by atoms with van der Waals surface area (Å²) in [6, 6.07) is 0.